The van der Waals surface area contributed by atoms with Crippen molar-refractivity contribution in [2.24, 2.45) is 11.7 Å². The molecule has 0 unspecified atom stereocenters. The molecule has 2 amide bonds. The summed E-state index contributed by atoms with van der Waals surface area (Å²) in [6.45, 7) is 3.09. The largest absolute Gasteiger partial charge is 0.370 e. The second-order valence-electron chi connectivity index (χ2n) is 7.23. The zero-order valence-electron chi connectivity index (χ0n) is 16.0. The minimum Gasteiger partial charge on any atom is -0.370 e. The number of thiophene rings is 1. The van der Waals surface area contributed by atoms with Crippen LogP contribution in [0, 0.1) is 5.92 Å². The maximum absolute atomic E-state index is 13.2. The Bertz CT molecular complexity index is 1040. The number of likely N-dealkylation sites (tertiary alicyclic amines) is 1. The minimum atomic E-state index is -0.332. The molecule has 0 spiro atoms. The lowest BCUT2D eigenvalue weighted by molar-refractivity contribution is -0.118. The van der Waals surface area contributed by atoms with Crippen LogP contribution in [0.3, 0.4) is 0 Å². The van der Waals surface area contributed by atoms with Crippen molar-refractivity contribution in [1.82, 2.24) is 19.9 Å². The van der Waals surface area contributed by atoms with Crippen molar-refractivity contribution in [3.05, 3.63) is 47.2 Å². The van der Waals surface area contributed by atoms with Gasteiger partial charge in [-0.05, 0) is 42.8 Å². The molecule has 1 aliphatic rings. The highest BCUT2D eigenvalue weighted by atomic mass is 32.1. The lowest BCUT2D eigenvalue weighted by atomic mass is 10.1. The van der Waals surface area contributed by atoms with E-state index >= 15 is 0 Å². The number of aromatic nitrogens is 3. The summed E-state index contributed by atoms with van der Waals surface area (Å²) in [6, 6.07) is 7.49. The Hall–Kier alpha value is -3.07. The van der Waals surface area contributed by atoms with E-state index in [-0.39, 0.29) is 23.8 Å². The quantitative estimate of drug-likeness (QED) is 0.646. The summed E-state index contributed by atoms with van der Waals surface area (Å²) in [6.07, 6.45) is 2.81. The van der Waals surface area contributed by atoms with Gasteiger partial charge in [-0.25, -0.2) is 9.97 Å². The van der Waals surface area contributed by atoms with Crippen LogP contribution in [-0.4, -0.2) is 44.8 Å². The molecule has 0 saturated carbocycles. The zero-order chi connectivity index (χ0) is 20.4. The molecule has 4 rings (SSSR count). The topological polar surface area (TPSA) is 114 Å². The Labute approximate surface area is 172 Å². The summed E-state index contributed by atoms with van der Waals surface area (Å²) in [7, 11) is 0. The molecule has 29 heavy (non-hydrogen) atoms. The Kier molecular flexibility index (Phi) is 5.39. The molecule has 3 aromatic rings. The van der Waals surface area contributed by atoms with E-state index in [1.165, 1.54) is 11.3 Å². The highest BCUT2D eigenvalue weighted by molar-refractivity contribution is 7.17. The van der Waals surface area contributed by atoms with E-state index in [1.807, 2.05) is 36.6 Å². The van der Waals surface area contributed by atoms with Crippen LogP contribution in [-0.2, 0) is 4.79 Å². The first-order valence-corrected chi connectivity index (χ1v) is 10.4. The van der Waals surface area contributed by atoms with Crippen LogP contribution in [0.5, 0.6) is 0 Å². The number of nitrogens with one attached hydrogen (secondary N) is 1. The van der Waals surface area contributed by atoms with Gasteiger partial charge in [-0.3, -0.25) is 14.6 Å². The van der Waals surface area contributed by atoms with Gasteiger partial charge >= 0.3 is 0 Å². The first-order valence-electron chi connectivity index (χ1n) is 9.51. The molecule has 0 aromatic carbocycles. The van der Waals surface area contributed by atoms with Gasteiger partial charge in [0.15, 0.2) is 5.69 Å². The molecule has 4 heterocycles. The second-order valence-corrected chi connectivity index (χ2v) is 8.14. The molecule has 1 fully saturated rings. The predicted octanol–water partition coefficient (Wildman–Crippen LogP) is 2.60. The van der Waals surface area contributed by atoms with Crippen molar-refractivity contribution in [1.29, 1.82) is 0 Å². The maximum atomic E-state index is 13.2. The molecule has 0 aliphatic carbocycles. The average Bonchev–Trinajstić information content (AvgIpc) is 3.36. The number of hydrogen-bond acceptors (Lipinski definition) is 7. The number of pyridine rings is 1. The Morgan fingerprint density at radius 2 is 2.21 bits per heavy atom. The monoisotopic (exact) mass is 410 g/mol. The van der Waals surface area contributed by atoms with Crippen molar-refractivity contribution < 1.29 is 9.59 Å². The van der Waals surface area contributed by atoms with Crippen molar-refractivity contribution in [3.63, 3.8) is 0 Å². The number of nitrogens with zero attached hydrogens (tertiary/aromatic N) is 4. The third-order valence-corrected chi connectivity index (χ3v) is 5.96. The molecule has 0 bridgehead atoms. The summed E-state index contributed by atoms with van der Waals surface area (Å²) in [5.74, 6) is 0.0338. The highest BCUT2D eigenvalue weighted by Crippen LogP contribution is 2.28. The lowest BCUT2D eigenvalue weighted by Crippen LogP contribution is -2.30. The lowest BCUT2D eigenvalue weighted by Gasteiger charge is -2.18. The van der Waals surface area contributed by atoms with Gasteiger partial charge in [0.25, 0.3) is 5.91 Å². The van der Waals surface area contributed by atoms with Crippen molar-refractivity contribution >= 4 is 39.3 Å². The second kappa shape index (κ2) is 8.12. The standard InChI is InChI=1S/C20H22N6O2S/c1-12(14-4-2-3-7-22-14)23-20-24-15-6-9-29-18(15)17(25-20)19(28)26-8-5-13(11-26)10-16(21)27/h2-4,6-7,9,12-13H,5,8,10-11H2,1H3,(H2,21,27)(H,23,24,25)/t12-,13+/m0/s1. The molecular formula is C20H22N6O2S. The minimum absolute atomic E-state index is 0.109. The molecule has 1 aliphatic heterocycles. The Balaban J connectivity index is 1.58. The van der Waals surface area contributed by atoms with Crippen molar-refractivity contribution in [3.8, 4) is 0 Å². The molecule has 3 N–H and O–H groups in total. The van der Waals surface area contributed by atoms with Gasteiger partial charge in [0.2, 0.25) is 11.9 Å². The SMILES string of the molecule is C[C@H](Nc1nc(C(=O)N2CC[C@H](CC(N)=O)C2)c2sccc2n1)c1ccccn1. The number of carbonyl (C=O) groups is 2. The van der Waals surface area contributed by atoms with Gasteiger partial charge < -0.3 is 16.0 Å². The zero-order valence-corrected chi connectivity index (χ0v) is 16.9. The molecule has 150 valence electrons. The first-order chi connectivity index (χ1) is 14.0. The van der Waals surface area contributed by atoms with Crippen LogP contribution in [0.2, 0.25) is 0 Å². The number of primary amides is 1. The third-order valence-electron chi connectivity index (χ3n) is 5.05. The van der Waals surface area contributed by atoms with Crippen LogP contribution in [0.15, 0.2) is 35.8 Å². The molecule has 3 aromatic heterocycles. The van der Waals surface area contributed by atoms with Gasteiger partial charge in [-0.1, -0.05) is 6.07 Å². The van der Waals surface area contributed by atoms with Gasteiger partial charge in [0, 0.05) is 25.7 Å². The van der Waals surface area contributed by atoms with Gasteiger partial charge in [0.05, 0.1) is 22.0 Å². The van der Waals surface area contributed by atoms with E-state index < -0.39 is 0 Å². The smallest absolute Gasteiger partial charge is 0.274 e. The van der Waals surface area contributed by atoms with E-state index in [9.17, 15) is 9.59 Å². The molecule has 9 heteroatoms. The Morgan fingerprint density at radius 1 is 1.34 bits per heavy atom. The summed E-state index contributed by atoms with van der Waals surface area (Å²) in [4.78, 5) is 39.6. The van der Waals surface area contributed by atoms with Gasteiger partial charge in [-0.15, -0.1) is 11.3 Å². The molecule has 8 nitrogen and oxygen atoms in total. The molecule has 0 radical (unpaired) electrons. The average molecular weight is 411 g/mol. The maximum Gasteiger partial charge on any atom is 0.274 e. The predicted molar refractivity (Wildman–Crippen MR) is 112 cm³/mol. The van der Waals surface area contributed by atoms with E-state index in [1.54, 1.807) is 11.1 Å². The molecule has 2 atom stereocenters. The third kappa shape index (κ3) is 4.19. The van der Waals surface area contributed by atoms with E-state index in [4.69, 9.17) is 5.73 Å². The molecular weight excluding hydrogens is 388 g/mol. The summed E-state index contributed by atoms with van der Waals surface area (Å²) in [5.41, 5.74) is 7.29. The van der Waals surface area contributed by atoms with Crippen LogP contribution in [0.4, 0.5) is 5.95 Å². The van der Waals surface area contributed by atoms with Gasteiger partial charge in [0.1, 0.15) is 0 Å². The number of hydrogen-bond donors (Lipinski definition) is 2. The normalized spacial score (nSPS) is 17.4. The number of nitrogens with two attached hydrogens (primary N) is 1. The van der Waals surface area contributed by atoms with Crippen molar-refractivity contribution in [2.75, 3.05) is 18.4 Å². The first kappa shape index (κ1) is 19.3. The van der Waals surface area contributed by atoms with Crippen LogP contribution in [0.1, 0.15) is 42.0 Å². The van der Waals surface area contributed by atoms with E-state index in [2.05, 4.69) is 20.3 Å². The number of rotatable bonds is 6. The Morgan fingerprint density at radius 3 is 2.97 bits per heavy atom. The van der Waals surface area contributed by atoms with Crippen molar-refractivity contribution in [2.45, 2.75) is 25.8 Å². The van der Waals surface area contributed by atoms with Crippen LogP contribution < -0.4 is 11.1 Å². The molecule has 1 saturated heterocycles. The fraction of sp³-hybridized carbons (Fsp3) is 0.350. The van der Waals surface area contributed by atoms with Crippen LogP contribution >= 0.6 is 11.3 Å². The summed E-state index contributed by atoms with van der Waals surface area (Å²) in [5, 5.41) is 5.15. The summed E-state index contributed by atoms with van der Waals surface area (Å²) < 4.78 is 0.768. The fourth-order valence-electron chi connectivity index (χ4n) is 3.59. The number of anilines is 1. The number of carbonyl (C=O) groups excluding carboxylic acids is 2. The number of amides is 2. The fourth-order valence-corrected chi connectivity index (χ4v) is 4.40. The van der Waals surface area contributed by atoms with Crippen LogP contribution in [0.25, 0.3) is 10.2 Å². The van der Waals surface area contributed by atoms with E-state index in [0.717, 1.165) is 22.3 Å². The van der Waals surface area contributed by atoms with Gasteiger partial charge in [-0.2, -0.15) is 0 Å². The van der Waals surface area contributed by atoms with E-state index in [0.29, 0.717) is 31.2 Å². The number of fused-ring (bicyclic) bond motifs is 1. The summed E-state index contributed by atoms with van der Waals surface area (Å²) >= 11 is 1.45. The highest BCUT2D eigenvalue weighted by Gasteiger charge is 2.30.